The lowest BCUT2D eigenvalue weighted by Crippen LogP contribution is -2.47. The average Bonchev–Trinajstić information content (AvgIpc) is 2.83. The van der Waals surface area contributed by atoms with Gasteiger partial charge in [0.2, 0.25) is 0 Å². The van der Waals surface area contributed by atoms with E-state index in [0.29, 0.717) is 33.1 Å². The minimum Gasteiger partial charge on any atom is -0.294 e. The zero-order valence-electron chi connectivity index (χ0n) is 9.82. The molecular formula is C13H21OS2+. The normalized spacial score (nSPS) is 41.0. The highest BCUT2D eigenvalue weighted by atomic mass is 32.2. The quantitative estimate of drug-likeness (QED) is 0.672. The lowest BCUT2D eigenvalue weighted by atomic mass is 9.84. The molecule has 3 unspecified atom stereocenters. The summed E-state index contributed by atoms with van der Waals surface area (Å²) in [5.41, 5.74) is 0. The maximum atomic E-state index is 12.5. The van der Waals surface area contributed by atoms with Gasteiger partial charge in [0.15, 0.2) is 11.0 Å². The molecule has 90 valence electrons. The molecule has 3 heteroatoms. The second-order valence-corrected chi connectivity index (χ2v) is 9.04. The zero-order chi connectivity index (χ0) is 11.0. The van der Waals surface area contributed by atoms with Gasteiger partial charge in [-0.1, -0.05) is 12.8 Å². The third kappa shape index (κ3) is 2.05. The molecule has 0 aromatic heterocycles. The molecule has 0 N–H and O–H groups in total. The molecule has 0 amide bonds. The first-order valence-electron chi connectivity index (χ1n) is 6.68. The predicted octanol–water partition coefficient (Wildman–Crippen LogP) is 2.64. The fraction of sp³-hybridized carbons (Fsp3) is 0.923. The highest BCUT2D eigenvalue weighted by molar-refractivity contribution is 8.03. The number of hydrogen-bond donors (Lipinski definition) is 0. The topological polar surface area (TPSA) is 17.1 Å². The minimum absolute atomic E-state index is 0.450. The molecule has 0 aromatic rings. The molecule has 0 radical (unpaired) electrons. The van der Waals surface area contributed by atoms with Gasteiger partial charge in [-0.2, -0.15) is 11.8 Å². The van der Waals surface area contributed by atoms with Crippen molar-refractivity contribution in [3.8, 4) is 0 Å². The molecule has 3 fully saturated rings. The van der Waals surface area contributed by atoms with Crippen molar-refractivity contribution in [1.29, 1.82) is 0 Å². The first kappa shape index (κ1) is 11.5. The summed E-state index contributed by atoms with van der Waals surface area (Å²) in [4.78, 5) is 12.5. The zero-order valence-corrected chi connectivity index (χ0v) is 11.5. The number of ketones is 1. The van der Waals surface area contributed by atoms with Gasteiger partial charge in [-0.3, -0.25) is 4.79 Å². The Morgan fingerprint density at radius 3 is 2.62 bits per heavy atom. The first-order chi connectivity index (χ1) is 7.86. The molecular weight excluding hydrogens is 236 g/mol. The molecule has 1 nitrogen and oxygen atoms in total. The van der Waals surface area contributed by atoms with Gasteiger partial charge < -0.3 is 0 Å². The molecule has 0 spiro atoms. The maximum Gasteiger partial charge on any atom is 0.189 e. The molecule has 0 bridgehead atoms. The molecule has 3 atom stereocenters. The van der Waals surface area contributed by atoms with Gasteiger partial charge in [-0.05, 0) is 36.6 Å². The molecule has 2 aliphatic heterocycles. The van der Waals surface area contributed by atoms with Gasteiger partial charge in [0.05, 0.1) is 0 Å². The van der Waals surface area contributed by atoms with Crippen molar-refractivity contribution in [3.63, 3.8) is 0 Å². The molecule has 0 aromatic carbocycles. The van der Waals surface area contributed by atoms with Crippen LogP contribution in [0.15, 0.2) is 0 Å². The first-order valence-corrected chi connectivity index (χ1v) is 9.35. The van der Waals surface area contributed by atoms with Crippen molar-refractivity contribution in [2.75, 3.05) is 17.3 Å². The highest BCUT2D eigenvalue weighted by Crippen LogP contribution is 2.41. The maximum absolute atomic E-state index is 12.5. The minimum atomic E-state index is 0.450. The average molecular weight is 257 g/mol. The number of carbonyl (C=O) groups is 1. The van der Waals surface area contributed by atoms with Crippen molar-refractivity contribution < 1.29 is 4.79 Å². The Morgan fingerprint density at radius 2 is 1.81 bits per heavy atom. The van der Waals surface area contributed by atoms with Crippen LogP contribution in [0.5, 0.6) is 0 Å². The molecule has 1 saturated carbocycles. The van der Waals surface area contributed by atoms with Crippen molar-refractivity contribution >= 4 is 28.4 Å². The third-order valence-corrected chi connectivity index (χ3v) is 8.87. The summed E-state index contributed by atoms with van der Waals surface area (Å²) in [6.07, 6.45) is 7.93. The summed E-state index contributed by atoms with van der Waals surface area (Å²) in [7, 11) is 0.471. The Morgan fingerprint density at radius 1 is 1.06 bits per heavy atom. The lowest BCUT2D eigenvalue weighted by Gasteiger charge is -2.36. The van der Waals surface area contributed by atoms with Gasteiger partial charge in [0.1, 0.15) is 11.5 Å². The number of rotatable bonds is 1. The van der Waals surface area contributed by atoms with E-state index in [1.165, 1.54) is 50.0 Å². The highest BCUT2D eigenvalue weighted by Gasteiger charge is 2.48. The van der Waals surface area contributed by atoms with E-state index in [4.69, 9.17) is 0 Å². The van der Waals surface area contributed by atoms with E-state index in [9.17, 15) is 4.79 Å². The van der Waals surface area contributed by atoms with E-state index in [0.717, 1.165) is 5.75 Å². The molecule has 3 rings (SSSR count). The van der Waals surface area contributed by atoms with E-state index in [2.05, 4.69) is 11.8 Å². The van der Waals surface area contributed by atoms with Crippen LogP contribution in [0.25, 0.3) is 0 Å². The van der Waals surface area contributed by atoms with Crippen LogP contribution < -0.4 is 0 Å². The van der Waals surface area contributed by atoms with Gasteiger partial charge in [0.25, 0.3) is 0 Å². The van der Waals surface area contributed by atoms with Crippen LogP contribution in [-0.4, -0.2) is 33.5 Å². The summed E-state index contributed by atoms with van der Waals surface area (Å²) in [5.74, 6) is 4.99. The van der Waals surface area contributed by atoms with Crippen LogP contribution in [-0.2, 0) is 15.7 Å². The number of thioether (sulfide) groups is 1. The Labute approximate surface area is 105 Å². The fourth-order valence-electron chi connectivity index (χ4n) is 3.38. The Balaban J connectivity index is 1.70. The summed E-state index contributed by atoms with van der Waals surface area (Å²) in [5, 5.41) is 1.16. The number of Topliss-reactive ketones (excluding diaryl/α,β-unsaturated/α-hetero) is 1. The van der Waals surface area contributed by atoms with Crippen LogP contribution in [0.3, 0.4) is 0 Å². The van der Waals surface area contributed by atoms with Crippen molar-refractivity contribution in [2.45, 2.75) is 49.0 Å². The predicted molar refractivity (Wildman–Crippen MR) is 73.3 cm³/mol. The van der Waals surface area contributed by atoms with Crippen molar-refractivity contribution in [2.24, 2.45) is 5.92 Å². The molecule has 16 heavy (non-hydrogen) atoms. The summed E-state index contributed by atoms with van der Waals surface area (Å²) < 4.78 is 0. The smallest absolute Gasteiger partial charge is 0.189 e. The van der Waals surface area contributed by atoms with E-state index < -0.39 is 0 Å². The Kier molecular flexibility index (Phi) is 3.53. The van der Waals surface area contributed by atoms with Gasteiger partial charge >= 0.3 is 0 Å². The number of carbonyl (C=O) groups excluding carboxylic acids is 1. The Hall–Kier alpha value is 0.370. The Bertz CT molecular complexity index is 273. The van der Waals surface area contributed by atoms with Crippen LogP contribution in [0.4, 0.5) is 0 Å². The van der Waals surface area contributed by atoms with Crippen molar-refractivity contribution in [1.82, 2.24) is 0 Å². The molecule has 2 heterocycles. The standard InChI is InChI=1S/C13H21OS2/c14-13-10-5-1-2-6-11(10)15-9-12(13)16-7-3-4-8-16/h10-12H,1-9H2/q+1. The van der Waals surface area contributed by atoms with Gasteiger partial charge in [0, 0.05) is 16.9 Å². The van der Waals surface area contributed by atoms with E-state index in [-0.39, 0.29) is 0 Å². The largest absolute Gasteiger partial charge is 0.294 e. The number of fused-ring (bicyclic) bond motifs is 1. The molecule has 3 aliphatic rings. The summed E-state index contributed by atoms with van der Waals surface area (Å²) >= 11 is 2.13. The van der Waals surface area contributed by atoms with Crippen molar-refractivity contribution in [3.05, 3.63) is 0 Å². The monoisotopic (exact) mass is 257 g/mol. The third-order valence-electron chi connectivity index (χ3n) is 4.31. The van der Waals surface area contributed by atoms with E-state index >= 15 is 0 Å². The summed E-state index contributed by atoms with van der Waals surface area (Å²) in [6.45, 7) is 0. The fourth-order valence-corrected chi connectivity index (χ4v) is 8.23. The molecule has 2 saturated heterocycles. The van der Waals surface area contributed by atoms with E-state index in [1.807, 2.05) is 0 Å². The second kappa shape index (κ2) is 4.93. The van der Waals surface area contributed by atoms with Crippen LogP contribution in [0.2, 0.25) is 0 Å². The lowest BCUT2D eigenvalue weighted by molar-refractivity contribution is -0.123. The second-order valence-electron chi connectivity index (χ2n) is 5.31. The summed E-state index contributed by atoms with van der Waals surface area (Å²) in [6, 6.07) is 0. The number of hydrogen-bond acceptors (Lipinski definition) is 2. The van der Waals surface area contributed by atoms with Crippen LogP contribution in [0, 0.1) is 5.92 Å². The van der Waals surface area contributed by atoms with Gasteiger partial charge in [-0.15, -0.1) is 0 Å². The van der Waals surface area contributed by atoms with Crippen LogP contribution in [0.1, 0.15) is 38.5 Å². The van der Waals surface area contributed by atoms with Crippen LogP contribution >= 0.6 is 11.8 Å². The molecule has 1 aliphatic carbocycles. The SMILES string of the molecule is O=C1C2CCCCC2SCC1[S+]1CCCC1. The van der Waals surface area contributed by atoms with Gasteiger partial charge in [-0.25, -0.2) is 0 Å². The van der Waals surface area contributed by atoms with E-state index in [1.54, 1.807) is 0 Å².